The van der Waals surface area contributed by atoms with E-state index in [0.717, 1.165) is 5.56 Å². The smallest absolute Gasteiger partial charge is 0.319 e. The average Bonchev–Trinajstić information content (AvgIpc) is 3.19. The molecule has 3 amide bonds. The highest BCUT2D eigenvalue weighted by molar-refractivity contribution is 5.96. The van der Waals surface area contributed by atoms with Gasteiger partial charge >= 0.3 is 6.03 Å². The minimum Gasteiger partial charge on any atom is -0.472 e. The van der Waals surface area contributed by atoms with Crippen molar-refractivity contribution in [3.8, 4) is 0 Å². The van der Waals surface area contributed by atoms with Crippen LogP contribution in [0.25, 0.3) is 0 Å². The third kappa shape index (κ3) is 5.18. The Balaban J connectivity index is 1.55. The molecule has 2 aromatic carbocycles. The molecule has 138 valence electrons. The highest BCUT2D eigenvalue weighted by Crippen LogP contribution is 2.12. The largest absolute Gasteiger partial charge is 0.472 e. The number of amides is 3. The van der Waals surface area contributed by atoms with E-state index in [1.807, 2.05) is 0 Å². The Labute approximate surface area is 155 Å². The van der Waals surface area contributed by atoms with E-state index in [1.54, 1.807) is 54.8 Å². The van der Waals surface area contributed by atoms with Gasteiger partial charge in [-0.3, -0.25) is 4.79 Å². The minimum atomic E-state index is -0.403. The van der Waals surface area contributed by atoms with E-state index < -0.39 is 6.03 Å². The van der Waals surface area contributed by atoms with E-state index in [4.69, 9.17) is 4.42 Å². The van der Waals surface area contributed by atoms with Crippen LogP contribution in [-0.4, -0.2) is 11.9 Å². The SMILES string of the molecule is O=C(NCc1ccoc1)Nc1cccc(C(=O)NCc2ccccc2F)c1. The molecule has 0 radical (unpaired) electrons. The van der Waals surface area contributed by atoms with Crippen LogP contribution in [0.4, 0.5) is 14.9 Å². The normalized spacial score (nSPS) is 10.3. The number of anilines is 1. The topological polar surface area (TPSA) is 83.4 Å². The predicted molar refractivity (Wildman–Crippen MR) is 98.6 cm³/mol. The Kier molecular flexibility index (Phi) is 5.84. The fraction of sp³-hybridized carbons (Fsp3) is 0.100. The summed E-state index contributed by atoms with van der Waals surface area (Å²) in [5.41, 5.74) is 2.07. The first-order chi connectivity index (χ1) is 13.1. The van der Waals surface area contributed by atoms with Gasteiger partial charge in [0.05, 0.1) is 12.5 Å². The molecule has 6 nitrogen and oxygen atoms in total. The maximum Gasteiger partial charge on any atom is 0.319 e. The fourth-order valence-electron chi connectivity index (χ4n) is 2.41. The summed E-state index contributed by atoms with van der Waals surface area (Å²) >= 11 is 0. The Morgan fingerprint density at radius 1 is 0.963 bits per heavy atom. The molecule has 0 aliphatic carbocycles. The van der Waals surface area contributed by atoms with E-state index in [9.17, 15) is 14.0 Å². The molecule has 0 bridgehead atoms. The van der Waals surface area contributed by atoms with E-state index in [1.165, 1.54) is 12.3 Å². The Hall–Kier alpha value is -3.61. The number of halogens is 1. The second-order valence-electron chi connectivity index (χ2n) is 5.79. The van der Waals surface area contributed by atoms with Gasteiger partial charge in [0.2, 0.25) is 0 Å². The summed E-state index contributed by atoms with van der Waals surface area (Å²) in [7, 11) is 0. The fourth-order valence-corrected chi connectivity index (χ4v) is 2.41. The summed E-state index contributed by atoms with van der Waals surface area (Å²) in [4.78, 5) is 24.2. The molecule has 3 N–H and O–H groups in total. The zero-order valence-electron chi connectivity index (χ0n) is 14.4. The molecular weight excluding hydrogens is 349 g/mol. The molecule has 3 aromatic rings. The van der Waals surface area contributed by atoms with E-state index in [0.29, 0.717) is 23.4 Å². The first-order valence-corrected chi connectivity index (χ1v) is 8.29. The molecule has 0 aliphatic heterocycles. The van der Waals surface area contributed by atoms with Crippen LogP contribution in [0.3, 0.4) is 0 Å². The Morgan fingerprint density at radius 3 is 2.59 bits per heavy atom. The van der Waals surface area contributed by atoms with Gasteiger partial charge < -0.3 is 20.4 Å². The summed E-state index contributed by atoms with van der Waals surface area (Å²) in [5, 5.41) is 8.01. The molecule has 0 saturated heterocycles. The van der Waals surface area contributed by atoms with Gasteiger partial charge in [0.15, 0.2) is 0 Å². The molecular formula is C20H18FN3O3. The molecule has 0 atom stereocenters. The van der Waals surface area contributed by atoms with Gasteiger partial charge in [-0.05, 0) is 30.3 Å². The van der Waals surface area contributed by atoms with Crippen molar-refractivity contribution in [2.45, 2.75) is 13.1 Å². The quantitative estimate of drug-likeness (QED) is 0.622. The van der Waals surface area contributed by atoms with Gasteiger partial charge in [-0.15, -0.1) is 0 Å². The number of carbonyl (C=O) groups excluding carboxylic acids is 2. The zero-order chi connectivity index (χ0) is 19.1. The first kappa shape index (κ1) is 18.2. The van der Waals surface area contributed by atoms with E-state index in [2.05, 4.69) is 16.0 Å². The monoisotopic (exact) mass is 367 g/mol. The van der Waals surface area contributed by atoms with Gasteiger partial charge in [-0.25, -0.2) is 9.18 Å². The lowest BCUT2D eigenvalue weighted by Gasteiger charge is -2.09. The minimum absolute atomic E-state index is 0.0777. The van der Waals surface area contributed by atoms with Gasteiger partial charge in [-0.1, -0.05) is 24.3 Å². The van der Waals surface area contributed by atoms with Crippen molar-refractivity contribution in [2.75, 3.05) is 5.32 Å². The maximum atomic E-state index is 13.6. The van der Waals surface area contributed by atoms with Gasteiger partial charge in [0.1, 0.15) is 5.82 Å². The Morgan fingerprint density at radius 2 is 1.81 bits per heavy atom. The Bertz CT molecular complexity index is 926. The number of benzene rings is 2. The predicted octanol–water partition coefficient (Wildman–Crippen LogP) is 3.67. The van der Waals surface area contributed by atoms with Crippen molar-refractivity contribution < 1.29 is 18.4 Å². The average molecular weight is 367 g/mol. The number of carbonyl (C=O) groups is 2. The lowest BCUT2D eigenvalue weighted by Crippen LogP contribution is -2.28. The van der Waals surface area contributed by atoms with Crippen LogP contribution in [0.1, 0.15) is 21.5 Å². The van der Waals surface area contributed by atoms with Crippen molar-refractivity contribution in [2.24, 2.45) is 0 Å². The number of hydrogen-bond donors (Lipinski definition) is 3. The molecule has 1 aromatic heterocycles. The third-order valence-corrected chi connectivity index (χ3v) is 3.81. The van der Waals surface area contributed by atoms with Crippen molar-refractivity contribution in [1.82, 2.24) is 10.6 Å². The first-order valence-electron chi connectivity index (χ1n) is 8.29. The van der Waals surface area contributed by atoms with Crippen LogP contribution in [0.5, 0.6) is 0 Å². The van der Waals surface area contributed by atoms with Crippen LogP contribution in [0, 0.1) is 5.82 Å². The molecule has 3 rings (SSSR count). The molecule has 1 heterocycles. The van der Waals surface area contributed by atoms with E-state index in [-0.39, 0.29) is 18.3 Å². The molecule has 0 spiro atoms. The standard InChI is InChI=1S/C20H18FN3O3/c21-18-7-2-1-4-16(18)12-22-19(25)15-5-3-6-17(10-15)24-20(26)23-11-14-8-9-27-13-14/h1-10,13H,11-12H2,(H,22,25)(H2,23,24,26). The highest BCUT2D eigenvalue weighted by Gasteiger charge is 2.09. The van der Waals surface area contributed by atoms with Gasteiger partial charge in [0, 0.05) is 35.5 Å². The van der Waals surface area contributed by atoms with Crippen molar-refractivity contribution >= 4 is 17.6 Å². The summed E-state index contributed by atoms with van der Waals surface area (Å²) in [6.07, 6.45) is 3.07. The highest BCUT2D eigenvalue weighted by atomic mass is 19.1. The second kappa shape index (κ2) is 8.66. The molecule has 27 heavy (non-hydrogen) atoms. The summed E-state index contributed by atoms with van der Waals surface area (Å²) in [6.45, 7) is 0.402. The van der Waals surface area contributed by atoms with Crippen molar-refractivity contribution in [1.29, 1.82) is 0 Å². The summed E-state index contributed by atoms with van der Waals surface area (Å²) in [5.74, 6) is -0.733. The molecule has 0 aliphatic rings. The maximum absolute atomic E-state index is 13.6. The number of nitrogens with one attached hydrogen (secondary N) is 3. The van der Waals surface area contributed by atoms with Crippen molar-refractivity contribution in [3.63, 3.8) is 0 Å². The molecule has 0 unspecified atom stereocenters. The zero-order valence-corrected chi connectivity index (χ0v) is 14.4. The third-order valence-electron chi connectivity index (χ3n) is 3.81. The number of urea groups is 1. The molecule has 0 fully saturated rings. The second-order valence-corrected chi connectivity index (χ2v) is 5.79. The van der Waals surface area contributed by atoms with Crippen molar-refractivity contribution in [3.05, 3.63) is 89.6 Å². The van der Waals surface area contributed by atoms with Gasteiger partial charge in [-0.2, -0.15) is 0 Å². The van der Waals surface area contributed by atoms with Gasteiger partial charge in [0.25, 0.3) is 5.91 Å². The van der Waals surface area contributed by atoms with Crippen LogP contribution >= 0.6 is 0 Å². The number of rotatable bonds is 6. The molecule has 7 heteroatoms. The molecule has 0 saturated carbocycles. The lowest BCUT2D eigenvalue weighted by molar-refractivity contribution is 0.0950. The summed E-state index contributed by atoms with van der Waals surface area (Å²) in [6, 6.07) is 14.1. The van der Waals surface area contributed by atoms with Crippen LogP contribution < -0.4 is 16.0 Å². The van der Waals surface area contributed by atoms with Crippen LogP contribution in [-0.2, 0) is 13.1 Å². The van der Waals surface area contributed by atoms with E-state index >= 15 is 0 Å². The summed E-state index contributed by atoms with van der Waals surface area (Å²) < 4.78 is 18.5. The number of furan rings is 1. The van der Waals surface area contributed by atoms with Crippen LogP contribution in [0.15, 0.2) is 71.5 Å². The number of hydrogen-bond acceptors (Lipinski definition) is 3. The van der Waals surface area contributed by atoms with Crippen LogP contribution in [0.2, 0.25) is 0 Å². The lowest BCUT2D eigenvalue weighted by atomic mass is 10.1.